The van der Waals surface area contributed by atoms with Crippen molar-refractivity contribution in [3.8, 4) is 0 Å². The summed E-state index contributed by atoms with van der Waals surface area (Å²) in [4.78, 5) is 28.1. The third kappa shape index (κ3) is 3.99. The lowest BCUT2D eigenvalue weighted by molar-refractivity contribution is -0.384. The van der Waals surface area contributed by atoms with Crippen LogP contribution in [0.15, 0.2) is 36.4 Å². The van der Waals surface area contributed by atoms with Gasteiger partial charge in [-0.15, -0.1) is 0 Å². The Morgan fingerprint density at radius 1 is 1.18 bits per heavy atom. The number of nitrogens with zero attached hydrogens (tertiary/aromatic N) is 3. The Kier molecular flexibility index (Phi) is 5.94. The Morgan fingerprint density at radius 3 is 2.54 bits per heavy atom. The molecule has 1 heterocycles. The molecule has 1 aliphatic rings. The van der Waals surface area contributed by atoms with Crippen molar-refractivity contribution in [3.05, 3.63) is 63.2 Å². The van der Waals surface area contributed by atoms with E-state index < -0.39 is 4.92 Å². The van der Waals surface area contributed by atoms with Crippen LogP contribution in [0.4, 0.5) is 17.1 Å². The maximum Gasteiger partial charge on any atom is 0.270 e. The number of aryl methyl sites for hydroxylation is 2. The molecule has 2 aromatic carbocycles. The molecule has 1 aliphatic heterocycles. The molecule has 0 bridgehead atoms. The van der Waals surface area contributed by atoms with Gasteiger partial charge in [0.25, 0.3) is 11.6 Å². The number of hydrogen-bond acceptors (Lipinski definition) is 5. The van der Waals surface area contributed by atoms with Gasteiger partial charge in [0.05, 0.1) is 29.4 Å². The number of non-ortho nitro benzene ring substituents is 1. The lowest BCUT2D eigenvalue weighted by Gasteiger charge is -2.31. The number of anilines is 2. The standard InChI is InChI=1S/C21H25N3O4/c1-4-23(20-13-15(2)5-6-16(20)3)21(25)18-14-17(24(26)27)7-8-19(18)22-9-11-28-12-10-22/h5-8,13-14H,4,9-12H2,1-3H3. The van der Waals surface area contributed by atoms with E-state index in [9.17, 15) is 14.9 Å². The maximum absolute atomic E-state index is 13.5. The minimum Gasteiger partial charge on any atom is -0.378 e. The molecule has 0 radical (unpaired) electrons. The quantitative estimate of drug-likeness (QED) is 0.581. The van der Waals surface area contributed by atoms with Gasteiger partial charge in [-0.25, -0.2) is 0 Å². The zero-order valence-corrected chi connectivity index (χ0v) is 16.5. The second-order valence-electron chi connectivity index (χ2n) is 6.90. The number of morpholine rings is 1. The van der Waals surface area contributed by atoms with Gasteiger partial charge >= 0.3 is 0 Å². The highest BCUT2D eigenvalue weighted by Gasteiger charge is 2.26. The highest BCUT2D eigenvalue weighted by molar-refractivity contribution is 6.10. The van der Waals surface area contributed by atoms with E-state index in [1.165, 1.54) is 12.1 Å². The fourth-order valence-electron chi connectivity index (χ4n) is 3.47. The summed E-state index contributed by atoms with van der Waals surface area (Å²) in [7, 11) is 0. The molecule has 1 saturated heterocycles. The van der Waals surface area contributed by atoms with Gasteiger partial charge in [-0.2, -0.15) is 0 Å². The first-order valence-corrected chi connectivity index (χ1v) is 9.42. The minimum atomic E-state index is -0.464. The minimum absolute atomic E-state index is 0.0858. The Hall–Kier alpha value is -2.93. The normalized spacial score (nSPS) is 14.0. The molecule has 148 valence electrons. The number of nitro benzene ring substituents is 1. The van der Waals surface area contributed by atoms with Gasteiger partial charge in [-0.05, 0) is 44.0 Å². The summed E-state index contributed by atoms with van der Waals surface area (Å²) >= 11 is 0. The van der Waals surface area contributed by atoms with E-state index in [2.05, 4.69) is 4.90 Å². The van der Waals surface area contributed by atoms with Gasteiger partial charge in [0.1, 0.15) is 0 Å². The number of hydrogen-bond donors (Lipinski definition) is 0. The molecule has 7 heteroatoms. The second kappa shape index (κ2) is 8.39. The van der Waals surface area contributed by atoms with Crippen molar-refractivity contribution < 1.29 is 14.5 Å². The Balaban J connectivity index is 2.08. The van der Waals surface area contributed by atoms with Crippen LogP contribution in [0.5, 0.6) is 0 Å². The van der Waals surface area contributed by atoms with Crippen LogP contribution >= 0.6 is 0 Å². The third-order valence-electron chi connectivity index (χ3n) is 4.99. The number of ether oxygens (including phenoxy) is 1. The molecule has 1 amide bonds. The van der Waals surface area contributed by atoms with Crippen LogP contribution in [0.3, 0.4) is 0 Å². The fourth-order valence-corrected chi connectivity index (χ4v) is 3.47. The Morgan fingerprint density at radius 2 is 1.89 bits per heavy atom. The first-order valence-electron chi connectivity index (χ1n) is 9.42. The summed E-state index contributed by atoms with van der Waals surface area (Å²) in [5.74, 6) is -0.235. The van der Waals surface area contributed by atoms with Crippen LogP contribution in [0.25, 0.3) is 0 Å². The molecule has 0 aromatic heterocycles. The molecule has 0 aliphatic carbocycles. The average Bonchev–Trinajstić information content (AvgIpc) is 2.71. The molecule has 0 unspecified atom stereocenters. The molecular formula is C21H25N3O4. The number of carbonyl (C=O) groups excluding carboxylic acids is 1. The average molecular weight is 383 g/mol. The van der Waals surface area contributed by atoms with Crippen molar-refractivity contribution in [3.63, 3.8) is 0 Å². The maximum atomic E-state index is 13.5. The molecule has 0 saturated carbocycles. The summed E-state index contributed by atoms with van der Waals surface area (Å²) in [5, 5.41) is 11.3. The number of rotatable bonds is 5. The predicted molar refractivity (Wildman–Crippen MR) is 109 cm³/mol. The van der Waals surface area contributed by atoms with E-state index in [1.807, 2.05) is 39.0 Å². The number of benzene rings is 2. The first kappa shape index (κ1) is 19.8. The number of amides is 1. The van der Waals surface area contributed by atoms with Crippen molar-refractivity contribution in [1.29, 1.82) is 0 Å². The van der Waals surface area contributed by atoms with Gasteiger partial charge in [-0.3, -0.25) is 14.9 Å². The molecule has 3 rings (SSSR count). The van der Waals surface area contributed by atoms with Gasteiger partial charge in [-0.1, -0.05) is 12.1 Å². The first-order chi connectivity index (χ1) is 13.4. The van der Waals surface area contributed by atoms with Gasteiger partial charge in [0, 0.05) is 37.5 Å². The van der Waals surface area contributed by atoms with E-state index in [0.717, 1.165) is 16.8 Å². The highest BCUT2D eigenvalue weighted by atomic mass is 16.6. The van der Waals surface area contributed by atoms with Crippen LogP contribution in [0.1, 0.15) is 28.4 Å². The Labute approximate surface area is 164 Å². The van der Waals surface area contributed by atoms with E-state index in [4.69, 9.17) is 4.74 Å². The fraction of sp³-hybridized carbons (Fsp3) is 0.381. The smallest absolute Gasteiger partial charge is 0.270 e. The molecule has 0 spiro atoms. The van der Waals surface area contributed by atoms with Crippen LogP contribution in [0.2, 0.25) is 0 Å². The van der Waals surface area contributed by atoms with Crippen molar-refractivity contribution >= 4 is 23.0 Å². The predicted octanol–water partition coefficient (Wildman–Crippen LogP) is 3.71. The van der Waals surface area contributed by atoms with Crippen molar-refractivity contribution in [2.24, 2.45) is 0 Å². The van der Waals surface area contributed by atoms with Crippen LogP contribution in [-0.2, 0) is 4.74 Å². The van der Waals surface area contributed by atoms with Gasteiger partial charge in [0.15, 0.2) is 0 Å². The molecule has 2 aromatic rings. The number of nitro groups is 1. The monoisotopic (exact) mass is 383 g/mol. The molecule has 1 fully saturated rings. The van der Waals surface area contributed by atoms with Crippen molar-refractivity contribution in [1.82, 2.24) is 0 Å². The molecule has 28 heavy (non-hydrogen) atoms. The molecular weight excluding hydrogens is 358 g/mol. The van der Waals surface area contributed by atoms with Crippen LogP contribution < -0.4 is 9.80 Å². The van der Waals surface area contributed by atoms with E-state index in [-0.39, 0.29) is 11.6 Å². The zero-order valence-electron chi connectivity index (χ0n) is 16.5. The largest absolute Gasteiger partial charge is 0.378 e. The van der Waals surface area contributed by atoms with Gasteiger partial charge < -0.3 is 14.5 Å². The summed E-state index contributed by atoms with van der Waals surface area (Å²) in [5.41, 5.74) is 3.84. The lowest BCUT2D eigenvalue weighted by atomic mass is 10.1. The van der Waals surface area contributed by atoms with Crippen LogP contribution in [-0.4, -0.2) is 43.7 Å². The number of carbonyl (C=O) groups is 1. The van der Waals surface area contributed by atoms with E-state index in [1.54, 1.807) is 11.0 Å². The van der Waals surface area contributed by atoms with Crippen molar-refractivity contribution in [2.75, 3.05) is 42.6 Å². The van der Waals surface area contributed by atoms with Crippen molar-refractivity contribution in [2.45, 2.75) is 20.8 Å². The van der Waals surface area contributed by atoms with E-state index >= 15 is 0 Å². The van der Waals surface area contributed by atoms with Gasteiger partial charge in [0.2, 0.25) is 0 Å². The third-order valence-corrected chi connectivity index (χ3v) is 4.99. The highest BCUT2D eigenvalue weighted by Crippen LogP contribution is 2.30. The summed E-state index contributed by atoms with van der Waals surface area (Å²) in [6.07, 6.45) is 0. The lowest BCUT2D eigenvalue weighted by Crippen LogP contribution is -2.39. The topological polar surface area (TPSA) is 75.9 Å². The summed E-state index contributed by atoms with van der Waals surface area (Å²) < 4.78 is 5.41. The molecule has 0 atom stereocenters. The summed E-state index contributed by atoms with van der Waals surface area (Å²) in [6, 6.07) is 10.5. The molecule has 7 nitrogen and oxygen atoms in total. The SMILES string of the molecule is CCN(C(=O)c1cc([N+](=O)[O-])ccc1N1CCOCC1)c1cc(C)ccc1C. The van der Waals surface area contributed by atoms with Crippen LogP contribution in [0, 0.1) is 24.0 Å². The zero-order chi connectivity index (χ0) is 20.3. The summed E-state index contributed by atoms with van der Waals surface area (Å²) in [6.45, 7) is 8.74. The van der Waals surface area contributed by atoms with E-state index in [0.29, 0.717) is 44.1 Å². The second-order valence-corrected chi connectivity index (χ2v) is 6.90. The Bertz CT molecular complexity index is 891. The molecule has 0 N–H and O–H groups in total.